The summed E-state index contributed by atoms with van der Waals surface area (Å²) in [5.74, 6) is -0.318. The quantitative estimate of drug-likeness (QED) is 0.810. The summed E-state index contributed by atoms with van der Waals surface area (Å²) in [5.41, 5.74) is 7.43. The summed E-state index contributed by atoms with van der Waals surface area (Å²) in [6, 6.07) is 7.23. The molecule has 0 bridgehead atoms. The largest absolute Gasteiger partial charge is 0.465 e. The Hall–Kier alpha value is -1.06. The molecule has 1 atom stereocenters. The van der Waals surface area contributed by atoms with Crippen molar-refractivity contribution in [2.24, 2.45) is 5.73 Å². The molecule has 0 saturated carbocycles. The van der Waals surface area contributed by atoms with Crippen molar-refractivity contribution < 1.29 is 9.53 Å². The number of benzene rings is 1. The second-order valence-electron chi connectivity index (χ2n) is 3.13. The first-order chi connectivity index (χ1) is 6.69. The zero-order valence-electron chi connectivity index (χ0n) is 8.90. The third-order valence-electron chi connectivity index (χ3n) is 2.20. The van der Waals surface area contributed by atoms with E-state index < -0.39 is 0 Å². The van der Waals surface area contributed by atoms with Crippen molar-refractivity contribution in [1.29, 1.82) is 0 Å². The van der Waals surface area contributed by atoms with Gasteiger partial charge in [-0.05, 0) is 24.1 Å². The van der Waals surface area contributed by atoms with Crippen LogP contribution in [0.5, 0.6) is 0 Å². The molecule has 0 aliphatic heterocycles. The molecule has 0 fully saturated rings. The lowest BCUT2D eigenvalue weighted by atomic mass is 10.0. The zero-order valence-corrected chi connectivity index (χ0v) is 9.71. The normalized spacial score (nSPS) is 11.4. The number of hydrogen-bond acceptors (Lipinski definition) is 3. The Bertz CT molecular complexity index is 311. The van der Waals surface area contributed by atoms with Crippen molar-refractivity contribution in [3.05, 3.63) is 35.4 Å². The summed E-state index contributed by atoms with van der Waals surface area (Å²) in [5, 5.41) is 0. The lowest BCUT2D eigenvalue weighted by Gasteiger charge is -2.08. The minimum Gasteiger partial charge on any atom is -0.465 e. The van der Waals surface area contributed by atoms with Gasteiger partial charge in [-0.2, -0.15) is 0 Å². The first-order valence-corrected chi connectivity index (χ1v) is 4.63. The maximum absolute atomic E-state index is 11.1. The van der Waals surface area contributed by atoms with E-state index in [9.17, 15) is 4.79 Å². The highest BCUT2D eigenvalue weighted by Gasteiger charge is 2.06. The summed E-state index contributed by atoms with van der Waals surface area (Å²) in [4.78, 5) is 11.1. The molecule has 0 aliphatic carbocycles. The van der Waals surface area contributed by atoms with Crippen LogP contribution in [0, 0.1) is 0 Å². The number of halogens is 1. The predicted molar refractivity (Wildman–Crippen MR) is 62.2 cm³/mol. The summed E-state index contributed by atoms with van der Waals surface area (Å²) in [6.45, 7) is 2.03. The van der Waals surface area contributed by atoms with E-state index in [1.54, 1.807) is 12.1 Å². The highest BCUT2D eigenvalue weighted by atomic mass is 35.5. The second-order valence-corrected chi connectivity index (χ2v) is 3.13. The number of esters is 1. The Labute approximate surface area is 96.0 Å². The van der Waals surface area contributed by atoms with Crippen molar-refractivity contribution in [3.63, 3.8) is 0 Å². The molecule has 0 aliphatic rings. The molecule has 0 aromatic heterocycles. The van der Waals surface area contributed by atoms with Gasteiger partial charge in [0.15, 0.2) is 0 Å². The Morgan fingerprint density at radius 1 is 1.40 bits per heavy atom. The number of methoxy groups -OCH3 is 1. The van der Waals surface area contributed by atoms with Crippen molar-refractivity contribution in [2.45, 2.75) is 19.4 Å². The Morgan fingerprint density at radius 2 is 1.93 bits per heavy atom. The van der Waals surface area contributed by atoms with E-state index in [2.05, 4.69) is 4.74 Å². The summed E-state index contributed by atoms with van der Waals surface area (Å²) in [7, 11) is 1.37. The van der Waals surface area contributed by atoms with Crippen molar-refractivity contribution in [1.82, 2.24) is 0 Å². The first kappa shape index (κ1) is 13.9. The number of nitrogens with two attached hydrogens (primary N) is 1. The van der Waals surface area contributed by atoms with E-state index in [0.717, 1.165) is 12.0 Å². The molecule has 0 spiro atoms. The van der Waals surface area contributed by atoms with Crippen LogP contribution in [0.3, 0.4) is 0 Å². The minimum absolute atomic E-state index is 0. The van der Waals surface area contributed by atoms with Gasteiger partial charge >= 0.3 is 5.97 Å². The summed E-state index contributed by atoms with van der Waals surface area (Å²) >= 11 is 0. The van der Waals surface area contributed by atoms with Crippen LogP contribution in [0.2, 0.25) is 0 Å². The van der Waals surface area contributed by atoms with Crippen molar-refractivity contribution in [2.75, 3.05) is 7.11 Å². The fraction of sp³-hybridized carbons (Fsp3) is 0.364. The fourth-order valence-electron chi connectivity index (χ4n) is 1.22. The molecule has 84 valence electrons. The molecule has 0 radical (unpaired) electrons. The van der Waals surface area contributed by atoms with Gasteiger partial charge in [-0.3, -0.25) is 0 Å². The Kier molecular flexibility index (Phi) is 5.97. The van der Waals surface area contributed by atoms with Gasteiger partial charge in [-0.25, -0.2) is 4.79 Å². The number of hydrogen-bond donors (Lipinski definition) is 1. The fourth-order valence-corrected chi connectivity index (χ4v) is 1.22. The molecule has 1 rings (SSSR count). The van der Waals surface area contributed by atoms with Gasteiger partial charge in [0.1, 0.15) is 0 Å². The molecule has 0 amide bonds. The van der Waals surface area contributed by atoms with Gasteiger partial charge in [0.05, 0.1) is 12.7 Å². The van der Waals surface area contributed by atoms with Crippen LogP contribution in [-0.2, 0) is 4.74 Å². The summed E-state index contributed by atoms with van der Waals surface area (Å²) in [6.07, 6.45) is 0.886. The van der Waals surface area contributed by atoms with E-state index in [4.69, 9.17) is 5.73 Å². The van der Waals surface area contributed by atoms with E-state index in [1.807, 2.05) is 19.1 Å². The molecule has 1 aromatic carbocycles. The average Bonchev–Trinajstić information content (AvgIpc) is 2.27. The van der Waals surface area contributed by atoms with Crippen molar-refractivity contribution >= 4 is 18.4 Å². The highest BCUT2D eigenvalue weighted by molar-refractivity contribution is 5.89. The lowest BCUT2D eigenvalue weighted by molar-refractivity contribution is 0.0600. The van der Waals surface area contributed by atoms with Gasteiger partial charge in [-0.15, -0.1) is 12.4 Å². The van der Waals surface area contributed by atoms with Gasteiger partial charge in [0.25, 0.3) is 0 Å². The molecular weight excluding hydrogens is 214 g/mol. The standard InChI is InChI=1S/C11H15NO2.ClH/c1-3-10(12)8-4-6-9(7-5-8)11(13)14-2;/h4-7,10H,3,12H2,1-2H3;1H/t10-;/m1./s1. The molecule has 4 heteroatoms. The smallest absolute Gasteiger partial charge is 0.337 e. The molecular formula is C11H16ClNO2. The molecule has 0 heterocycles. The topological polar surface area (TPSA) is 52.3 Å². The molecule has 3 nitrogen and oxygen atoms in total. The second kappa shape index (κ2) is 6.43. The van der Waals surface area contributed by atoms with Crippen LogP contribution < -0.4 is 5.73 Å². The predicted octanol–water partition coefficient (Wildman–Crippen LogP) is 2.30. The molecule has 1 aromatic rings. The summed E-state index contributed by atoms with van der Waals surface area (Å²) < 4.78 is 4.59. The third kappa shape index (κ3) is 3.53. The van der Waals surface area contributed by atoms with Crippen LogP contribution in [-0.4, -0.2) is 13.1 Å². The van der Waals surface area contributed by atoms with Crippen LogP contribution in [0.1, 0.15) is 35.3 Å². The number of carbonyl (C=O) groups excluding carboxylic acids is 1. The third-order valence-corrected chi connectivity index (χ3v) is 2.20. The SMILES string of the molecule is CC[C@@H](N)c1ccc(C(=O)OC)cc1.Cl. The van der Waals surface area contributed by atoms with E-state index >= 15 is 0 Å². The van der Waals surface area contributed by atoms with Crippen LogP contribution in [0.4, 0.5) is 0 Å². The van der Waals surface area contributed by atoms with Gasteiger partial charge in [0, 0.05) is 6.04 Å². The lowest BCUT2D eigenvalue weighted by Crippen LogP contribution is -2.09. The molecule has 0 unspecified atom stereocenters. The van der Waals surface area contributed by atoms with Crippen LogP contribution >= 0.6 is 12.4 Å². The van der Waals surface area contributed by atoms with E-state index in [0.29, 0.717) is 5.56 Å². The molecule has 0 saturated heterocycles. The Morgan fingerprint density at radius 3 is 2.33 bits per heavy atom. The molecule has 15 heavy (non-hydrogen) atoms. The van der Waals surface area contributed by atoms with E-state index in [-0.39, 0.29) is 24.4 Å². The number of carbonyl (C=O) groups is 1. The van der Waals surface area contributed by atoms with Gasteiger partial charge in [0.2, 0.25) is 0 Å². The van der Waals surface area contributed by atoms with Crippen molar-refractivity contribution in [3.8, 4) is 0 Å². The van der Waals surface area contributed by atoms with Crippen LogP contribution in [0.25, 0.3) is 0 Å². The average molecular weight is 230 g/mol. The Balaban J connectivity index is 0.00000196. The number of ether oxygens (including phenoxy) is 1. The van der Waals surface area contributed by atoms with Crippen LogP contribution in [0.15, 0.2) is 24.3 Å². The zero-order chi connectivity index (χ0) is 10.6. The van der Waals surface area contributed by atoms with Gasteiger partial charge < -0.3 is 10.5 Å². The van der Waals surface area contributed by atoms with Gasteiger partial charge in [-0.1, -0.05) is 19.1 Å². The first-order valence-electron chi connectivity index (χ1n) is 4.63. The monoisotopic (exact) mass is 229 g/mol. The highest BCUT2D eigenvalue weighted by Crippen LogP contribution is 2.14. The number of rotatable bonds is 3. The maximum Gasteiger partial charge on any atom is 0.337 e. The maximum atomic E-state index is 11.1. The molecule has 2 N–H and O–H groups in total. The minimum atomic E-state index is -0.318. The van der Waals surface area contributed by atoms with E-state index in [1.165, 1.54) is 7.11 Å².